The van der Waals surface area contributed by atoms with E-state index in [-0.39, 0.29) is 17.5 Å². The van der Waals surface area contributed by atoms with Crippen LogP contribution in [0.4, 0.5) is 0 Å². The van der Waals surface area contributed by atoms with E-state index < -0.39 is 20.0 Å². The van der Waals surface area contributed by atoms with Crippen LogP contribution in [0, 0.1) is 0 Å². The molecule has 2 aromatic carbocycles. The molecule has 8 nitrogen and oxygen atoms in total. The van der Waals surface area contributed by atoms with Gasteiger partial charge in [0.25, 0.3) is 0 Å². The Morgan fingerprint density at radius 3 is 1.35 bits per heavy atom. The average Bonchev–Trinajstić information content (AvgIpc) is 2.75. The highest BCUT2D eigenvalue weighted by atomic mass is 32.2. The molecule has 0 saturated carbocycles. The third-order valence-corrected chi connectivity index (χ3v) is 7.32. The van der Waals surface area contributed by atoms with Gasteiger partial charge in [-0.1, -0.05) is 26.7 Å². The molecule has 0 heterocycles. The minimum absolute atomic E-state index is 0.109. The van der Waals surface area contributed by atoms with E-state index in [1.165, 1.54) is 24.3 Å². The maximum absolute atomic E-state index is 12.2. The van der Waals surface area contributed by atoms with E-state index in [4.69, 9.17) is 9.31 Å². The molecule has 0 aliphatic heterocycles. The zero-order valence-electron chi connectivity index (χ0n) is 17.8. The molecule has 31 heavy (non-hydrogen) atoms. The van der Waals surface area contributed by atoms with Gasteiger partial charge >= 0.3 is 7.69 Å². The van der Waals surface area contributed by atoms with Crippen molar-refractivity contribution in [1.29, 1.82) is 0 Å². The molecule has 2 aromatic rings. The zero-order valence-corrected chi connectivity index (χ0v) is 19.5. The van der Waals surface area contributed by atoms with E-state index in [9.17, 15) is 16.8 Å². The molecule has 0 atom stereocenters. The van der Waals surface area contributed by atoms with Crippen molar-refractivity contribution >= 4 is 27.7 Å². The van der Waals surface area contributed by atoms with E-state index in [2.05, 4.69) is 9.44 Å². The maximum Gasteiger partial charge on any atom is 0.576 e. The van der Waals surface area contributed by atoms with Crippen LogP contribution in [0.15, 0.2) is 58.3 Å². The Morgan fingerprint density at radius 2 is 1.03 bits per heavy atom. The normalized spacial score (nSPS) is 11.8. The van der Waals surface area contributed by atoms with Crippen LogP contribution in [0.25, 0.3) is 0 Å². The van der Waals surface area contributed by atoms with Crippen LogP contribution in [0.2, 0.25) is 0 Å². The monoisotopic (exact) mass is 468 g/mol. The summed E-state index contributed by atoms with van der Waals surface area (Å²) < 4.78 is 64.7. The fourth-order valence-electron chi connectivity index (χ4n) is 2.53. The first-order valence-electron chi connectivity index (χ1n) is 10.2. The fourth-order valence-corrected chi connectivity index (χ4v) is 4.68. The molecule has 0 spiro atoms. The summed E-state index contributed by atoms with van der Waals surface area (Å²) in [6.45, 7) is 4.79. The first kappa shape index (κ1) is 25.2. The van der Waals surface area contributed by atoms with Gasteiger partial charge in [-0.25, -0.2) is 26.3 Å². The molecule has 0 fully saturated rings. The highest BCUT2D eigenvalue weighted by molar-refractivity contribution is 7.89. The molecule has 2 N–H and O–H groups in total. The molecule has 0 bridgehead atoms. The van der Waals surface area contributed by atoms with Gasteiger partial charge in [-0.3, -0.25) is 0 Å². The molecule has 0 unspecified atom stereocenters. The Labute approximate surface area is 185 Å². The number of nitrogens with one attached hydrogen (secondary N) is 2. The fraction of sp³-hybridized carbons (Fsp3) is 0.400. The van der Waals surface area contributed by atoms with Crippen LogP contribution < -0.4 is 18.8 Å². The lowest BCUT2D eigenvalue weighted by Gasteiger charge is -2.10. The Morgan fingerprint density at radius 1 is 0.677 bits per heavy atom. The zero-order chi connectivity index (χ0) is 22.7. The summed E-state index contributed by atoms with van der Waals surface area (Å²) in [5.41, 5.74) is 0. The predicted molar refractivity (Wildman–Crippen MR) is 121 cm³/mol. The Balaban J connectivity index is 1.85. The van der Waals surface area contributed by atoms with Gasteiger partial charge in [0.05, 0.1) is 9.79 Å². The first-order valence-corrected chi connectivity index (χ1v) is 13.2. The predicted octanol–water partition coefficient (Wildman–Crippen LogP) is 2.57. The third-order valence-electron chi connectivity index (χ3n) is 4.36. The summed E-state index contributed by atoms with van der Waals surface area (Å²) in [5, 5.41) is 0. The molecule has 0 radical (unpaired) electrons. The standard InChI is InChI=1S/C20H29BN2O6S2/c1-3-5-15-22-30(24,25)19-11-7-17(8-12-19)28-21-29-18-9-13-20(14-10-18)31(26,27)23-16-6-4-2/h7-14,21-23H,3-6,15-16H2,1-2H3. The summed E-state index contributed by atoms with van der Waals surface area (Å²) in [6.07, 6.45) is 3.37. The summed E-state index contributed by atoms with van der Waals surface area (Å²) in [6, 6.07) is 12.1. The van der Waals surface area contributed by atoms with E-state index in [0.29, 0.717) is 24.6 Å². The highest BCUT2D eigenvalue weighted by Crippen LogP contribution is 2.18. The Kier molecular flexibility index (Phi) is 9.82. The second-order valence-electron chi connectivity index (χ2n) is 6.85. The van der Waals surface area contributed by atoms with Crippen molar-refractivity contribution in [2.45, 2.75) is 49.3 Å². The molecule has 170 valence electrons. The number of rotatable bonds is 14. The topological polar surface area (TPSA) is 111 Å². The first-order chi connectivity index (χ1) is 14.8. The van der Waals surface area contributed by atoms with Crippen LogP contribution in [0.5, 0.6) is 11.5 Å². The smallest absolute Gasteiger partial charge is 0.529 e. The number of hydrogen-bond acceptors (Lipinski definition) is 6. The number of sulfonamides is 2. The van der Waals surface area contributed by atoms with Crippen molar-refractivity contribution in [3.05, 3.63) is 48.5 Å². The van der Waals surface area contributed by atoms with Gasteiger partial charge in [0, 0.05) is 13.1 Å². The lowest BCUT2D eigenvalue weighted by Crippen LogP contribution is -2.24. The SMILES string of the molecule is CCCCNS(=O)(=O)c1ccc(OBOc2ccc(S(=O)(=O)NCCCC)cc2)cc1. The molecule has 11 heteroatoms. The maximum atomic E-state index is 12.2. The molecular weight excluding hydrogens is 439 g/mol. The molecule has 0 amide bonds. The van der Waals surface area contributed by atoms with Crippen molar-refractivity contribution in [2.24, 2.45) is 0 Å². The van der Waals surface area contributed by atoms with Gasteiger partial charge in [-0.15, -0.1) is 0 Å². The lowest BCUT2D eigenvalue weighted by atomic mass is 10.3. The van der Waals surface area contributed by atoms with E-state index in [1.54, 1.807) is 24.3 Å². The summed E-state index contributed by atoms with van der Waals surface area (Å²) in [4.78, 5) is 0.336. The van der Waals surface area contributed by atoms with Crippen molar-refractivity contribution in [2.75, 3.05) is 13.1 Å². The van der Waals surface area contributed by atoms with Gasteiger partial charge in [-0.05, 0) is 61.4 Å². The van der Waals surface area contributed by atoms with E-state index in [1.807, 2.05) is 13.8 Å². The molecule has 0 aliphatic carbocycles. The second kappa shape index (κ2) is 12.1. The molecule has 0 aromatic heterocycles. The molecule has 0 saturated heterocycles. The summed E-state index contributed by atoms with van der Waals surface area (Å²) >= 11 is 0. The van der Waals surface area contributed by atoms with Gasteiger partial charge in [0.1, 0.15) is 11.5 Å². The van der Waals surface area contributed by atoms with Crippen LogP contribution in [0.3, 0.4) is 0 Å². The summed E-state index contributed by atoms with van der Waals surface area (Å²) in [5.74, 6) is 0.902. The van der Waals surface area contributed by atoms with Crippen molar-refractivity contribution in [1.82, 2.24) is 9.44 Å². The van der Waals surface area contributed by atoms with Gasteiger partial charge in [0.2, 0.25) is 20.0 Å². The van der Waals surface area contributed by atoms with Crippen LogP contribution in [-0.4, -0.2) is 37.6 Å². The largest absolute Gasteiger partial charge is 0.576 e. The van der Waals surface area contributed by atoms with Crippen LogP contribution in [0.1, 0.15) is 39.5 Å². The van der Waals surface area contributed by atoms with Crippen molar-refractivity contribution in [3.8, 4) is 11.5 Å². The molecule has 0 aliphatic rings. The highest BCUT2D eigenvalue weighted by Gasteiger charge is 2.14. The number of benzene rings is 2. The Hall–Kier alpha value is -2.08. The average molecular weight is 468 g/mol. The molecular formula is C20H29BN2O6S2. The third kappa shape index (κ3) is 8.17. The summed E-state index contributed by atoms with van der Waals surface area (Å²) in [7, 11) is -7.16. The lowest BCUT2D eigenvalue weighted by molar-refractivity contribution is 0.458. The van der Waals surface area contributed by atoms with Crippen molar-refractivity contribution < 1.29 is 26.1 Å². The minimum Gasteiger partial charge on any atom is -0.529 e. The van der Waals surface area contributed by atoms with Crippen LogP contribution >= 0.6 is 0 Å². The van der Waals surface area contributed by atoms with E-state index >= 15 is 0 Å². The number of unbranched alkanes of at least 4 members (excludes halogenated alkanes) is 2. The van der Waals surface area contributed by atoms with Gasteiger partial charge in [-0.2, -0.15) is 0 Å². The van der Waals surface area contributed by atoms with Crippen LogP contribution in [-0.2, 0) is 20.0 Å². The minimum atomic E-state index is -3.53. The second-order valence-corrected chi connectivity index (χ2v) is 10.4. The number of hydrogen-bond donors (Lipinski definition) is 2. The molecule has 2 rings (SSSR count). The quantitative estimate of drug-likeness (QED) is 0.326. The van der Waals surface area contributed by atoms with Crippen molar-refractivity contribution in [3.63, 3.8) is 0 Å². The van der Waals surface area contributed by atoms with Gasteiger partial charge < -0.3 is 9.31 Å². The Bertz CT molecular complexity index is 927. The van der Waals surface area contributed by atoms with Gasteiger partial charge in [0.15, 0.2) is 0 Å². The van der Waals surface area contributed by atoms with E-state index in [0.717, 1.165) is 25.7 Å².